The largest absolute Gasteiger partial charge is 0.507 e. The maximum absolute atomic E-state index is 12.1. The van der Waals surface area contributed by atoms with Crippen molar-refractivity contribution in [3.05, 3.63) is 54.9 Å². The quantitative estimate of drug-likeness (QED) is 0.490. The third kappa shape index (κ3) is 3.07. The van der Waals surface area contributed by atoms with Gasteiger partial charge in [-0.05, 0) is 62.5 Å². The van der Waals surface area contributed by atoms with Gasteiger partial charge in [0.25, 0.3) is 0 Å². The van der Waals surface area contributed by atoms with E-state index in [9.17, 15) is 9.90 Å². The summed E-state index contributed by atoms with van der Waals surface area (Å²) in [6, 6.07) is 8.04. The first-order valence-electron chi connectivity index (χ1n) is 5.56. The van der Waals surface area contributed by atoms with Gasteiger partial charge in [0.15, 0.2) is 5.75 Å². The minimum Gasteiger partial charge on any atom is -0.507 e. The van der Waals surface area contributed by atoms with Crippen molar-refractivity contribution in [2.75, 3.05) is 0 Å². The van der Waals surface area contributed by atoms with Gasteiger partial charge in [-0.2, -0.15) is 0 Å². The zero-order valence-electron chi connectivity index (χ0n) is 10.3. The minimum atomic E-state index is -0.619. The van der Waals surface area contributed by atoms with Gasteiger partial charge in [-0.25, -0.2) is 4.79 Å². The van der Waals surface area contributed by atoms with E-state index in [-0.39, 0.29) is 11.3 Å². The molecule has 0 aromatic heterocycles. The highest BCUT2D eigenvalue weighted by Crippen LogP contribution is 2.40. The third-order valence-electron chi connectivity index (χ3n) is 2.68. The molecule has 2 aromatic carbocycles. The van der Waals surface area contributed by atoms with Crippen molar-refractivity contribution in [3.63, 3.8) is 0 Å². The lowest BCUT2D eigenvalue weighted by Crippen LogP contribution is -2.09. The summed E-state index contributed by atoms with van der Waals surface area (Å²) >= 11 is 10.2. The molecule has 6 heteroatoms. The first kappa shape index (κ1) is 15.5. The number of para-hydroxylation sites is 1. The number of halogens is 3. The first-order valence-corrected chi connectivity index (χ1v) is 7.94. The maximum Gasteiger partial charge on any atom is 0.347 e. The normalized spacial score (nSPS) is 10.4. The number of hydrogen-bond acceptors (Lipinski definition) is 3. The van der Waals surface area contributed by atoms with E-state index in [2.05, 4.69) is 47.8 Å². The number of carbonyl (C=O) groups excluding carboxylic acids is 1. The zero-order chi connectivity index (χ0) is 14.9. The van der Waals surface area contributed by atoms with Crippen LogP contribution in [0.1, 0.15) is 15.9 Å². The van der Waals surface area contributed by atoms with Gasteiger partial charge >= 0.3 is 5.97 Å². The van der Waals surface area contributed by atoms with Crippen molar-refractivity contribution in [2.24, 2.45) is 0 Å². The number of rotatable bonds is 2. The molecule has 0 radical (unpaired) electrons. The minimum absolute atomic E-state index is 0.112. The van der Waals surface area contributed by atoms with E-state index >= 15 is 0 Å². The van der Waals surface area contributed by atoms with Gasteiger partial charge in [0, 0.05) is 4.47 Å². The Labute approximate surface area is 141 Å². The number of phenolic OH excluding ortho intramolecular Hbond substituents is 1. The van der Waals surface area contributed by atoms with Gasteiger partial charge in [-0.3, -0.25) is 0 Å². The molecule has 0 saturated carbocycles. The van der Waals surface area contributed by atoms with E-state index < -0.39 is 5.97 Å². The fraction of sp³-hybridized carbons (Fsp3) is 0.0714. The summed E-state index contributed by atoms with van der Waals surface area (Å²) in [5.74, 6) is -0.358. The molecule has 0 saturated heterocycles. The Morgan fingerprint density at radius 3 is 2.45 bits per heavy atom. The van der Waals surface area contributed by atoms with Crippen molar-refractivity contribution in [2.45, 2.75) is 6.92 Å². The van der Waals surface area contributed by atoms with Crippen molar-refractivity contribution in [1.29, 1.82) is 0 Å². The summed E-state index contributed by atoms with van der Waals surface area (Å²) < 4.78 is 7.55. The second-order valence-electron chi connectivity index (χ2n) is 4.01. The highest BCUT2D eigenvalue weighted by molar-refractivity contribution is 9.11. The molecule has 2 aromatic rings. The van der Waals surface area contributed by atoms with Gasteiger partial charge in [0.05, 0.1) is 8.95 Å². The molecule has 0 atom stereocenters. The topological polar surface area (TPSA) is 46.5 Å². The molecule has 104 valence electrons. The van der Waals surface area contributed by atoms with Gasteiger partial charge in [-0.1, -0.05) is 28.1 Å². The Morgan fingerprint density at radius 2 is 1.80 bits per heavy atom. The predicted octanol–water partition coefficient (Wildman–Crippen LogP) is 5.21. The maximum atomic E-state index is 12.1. The molecule has 0 aliphatic rings. The van der Waals surface area contributed by atoms with Gasteiger partial charge in [0.2, 0.25) is 0 Å². The van der Waals surface area contributed by atoms with Crippen LogP contribution < -0.4 is 4.74 Å². The summed E-state index contributed by atoms with van der Waals surface area (Å²) in [4.78, 5) is 12.1. The first-order chi connectivity index (χ1) is 9.41. The highest BCUT2D eigenvalue weighted by atomic mass is 79.9. The molecule has 0 amide bonds. The summed E-state index contributed by atoms with van der Waals surface area (Å²) in [5, 5.41) is 9.66. The molecular weight excluding hydrogens is 456 g/mol. The third-order valence-corrected chi connectivity index (χ3v) is 5.04. The molecule has 3 nitrogen and oxygen atoms in total. The smallest absolute Gasteiger partial charge is 0.347 e. The average molecular weight is 465 g/mol. The summed E-state index contributed by atoms with van der Waals surface area (Å²) in [6.45, 7) is 1.89. The lowest BCUT2D eigenvalue weighted by atomic mass is 10.2. The second kappa shape index (κ2) is 6.28. The second-order valence-corrected chi connectivity index (χ2v) is 6.52. The van der Waals surface area contributed by atoms with Gasteiger partial charge in [0.1, 0.15) is 11.3 Å². The van der Waals surface area contributed by atoms with Crippen LogP contribution in [0.3, 0.4) is 0 Å². The molecule has 0 spiro atoms. The fourth-order valence-corrected chi connectivity index (χ4v) is 3.84. The van der Waals surface area contributed by atoms with Crippen molar-refractivity contribution in [1.82, 2.24) is 0 Å². The van der Waals surface area contributed by atoms with E-state index in [0.717, 1.165) is 10.0 Å². The molecule has 0 fully saturated rings. The van der Waals surface area contributed by atoms with E-state index in [1.54, 1.807) is 18.2 Å². The Kier molecular flexibility index (Phi) is 4.88. The number of phenols is 1. The number of esters is 1. The highest BCUT2D eigenvalue weighted by Gasteiger charge is 2.18. The number of carbonyl (C=O) groups is 1. The number of benzene rings is 2. The van der Waals surface area contributed by atoms with Crippen LogP contribution in [0.25, 0.3) is 0 Å². The predicted molar refractivity (Wildman–Crippen MR) is 87.3 cm³/mol. The van der Waals surface area contributed by atoms with E-state index in [1.807, 2.05) is 6.92 Å². The molecular formula is C14H9Br3O3. The molecule has 1 N–H and O–H groups in total. The molecule has 0 heterocycles. The Bertz CT molecular complexity index is 684. The summed E-state index contributed by atoms with van der Waals surface area (Å²) in [7, 11) is 0. The van der Waals surface area contributed by atoms with Crippen LogP contribution in [0.15, 0.2) is 43.7 Å². The van der Waals surface area contributed by atoms with Gasteiger partial charge < -0.3 is 9.84 Å². The molecule has 2 rings (SSSR count). The van der Waals surface area contributed by atoms with Crippen molar-refractivity contribution < 1.29 is 14.6 Å². The summed E-state index contributed by atoms with van der Waals surface area (Å²) in [5.41, 5.74) is 1.03. The van der Waals surface area contributed by atoms with E-state index in [1.165, 1.54) is 12.1 Å². The average Bonchev–Trinajstić information content (AvgIpc) is 2.41. The Balaban J connectivity index is 2.39. The Morgan fingerprint density at radius 1 is 1.15 bits per heavy atom. The van der Waals surface area contributed by atoms with Crippen LogP contribution >= 0.6 is 47.8 Å². The molecule has 0 bridgehead atoms. The fourth-order valence-electron chi connectivity index (χ4n) is 1.55. The van der Waals surface area contributed by atoms with Crippen molar-refractivity contribution >= 4 is 53.8 Å². The molecule has 0 unspecified atom stereocenters. The molecule has 0 aliphatic carbocycles. The van der Waals surface area contributed by atoms with E-state index in [0.29, 0.717) is 14.7 Å². The monoisotopic (exact) mass is 462 g/mol. The number of aromatic hydroxyl groups is 1. The Hall–Kier alpha value is -0.850. The van der Waals surface area contributed by atoms with Crippen LogP contribution in [0, 0.1) is 6.92 Å². The lowest BCUT2D eigenvalue weighted by molar-refractivity contribution is 0.0729. The zero-order valence-corrected chi connectivity index (χ0v) is 15.0. The van der Waals surface area contributed by atoms with Crippen LogP contribution in [-0.2, 0) is 0 Å². The van der Waals surface area contributed by atoms with Crippen LogP contribution in [0.5, 0.6) is 11.5 Å². The standard InChI is InChI=1S/C14H9Br3O3/c1-7-9(15)6-10(16)13(12(7)17)20-14(19)8-4-2-3-5-11(8)18/h2-6,18H,1H3. The SMILES string of the molecule is Cc1c(Br)cc(Br)c(OC(=O)c2ccccc2O)c1Br. The summed E-state index contributed by atoms with van der Waals surface area (Å²) in [6.07, 6.45) is 0. The number of hydrogen-bond donors (Lipinski definition) is 1. The van der Waals surface area contributed by atoms with E-state index in [4.69, 9.17) is 4.74 Å². The van der Waals surface area contributed by atoms with Crippen LogP contribution in [-0.4, -0.2) is 11.1 Å². The molecule has 20 heavy (non-hydrogen) atoms. The van der Waals surface area contributed by atoms with Gasteiger partial charge in [-0.15, -0.1) is 0 Å². The molecule has 0 aliphatic heterocycles. The van der Waals surface area contributed by atoms with Crippen LogP contribution in [0.2, 0.25) is 0 Å². The van der Waals surface area contributed by atoms with Crippen LogP contribution in [0.4, 0.5) is 0 Å². The number of ether oxygens (including phenoxy) is 1. The lowest BCUT2D eigenvalue weighted by Gasteiger charge is -2.12. The van der Waals surface area contributed by atoms with Crippen molar-refractivity contribution in [3.8, 4) is 11.5 Å².